The smallest absolute Gasteiger partial charge is 0.189 e. The summed E-state index contributed by atoms with van der Waals surface area (Å²) in [6.07, 6.45) is 4.15. The highest BCUT2D eigenvalue weighted by Gasteiger charge is 2.13. The summed E-state index contributed by atoms with van der Waals surface area (Å²) in [6, 6.07) is 20.7. The number of carbonyl (C=O) groups is 1. The second-order valence-electron chi connectivity index (χ2n) is 7.09. The lowest BCUT2D eigenvalue weighted by molar-refractivity contribution is 0.104. The van der Waals surface area contributed by atoms with E-state index in [1.165, 1.54) is 6.08 Å². The first-order valence-electron chi connectivity index (χ1n) is 10.2. The van der Waals surface area contributed by atoms with Crippen LogP contribution in [0.1, 0.15) is 27.9 Å². The molecule has 3 aromatic rings. The third-order valence-corrected chi connectivity index (χ3v) is 4.89. The molecule has 158 valence electrons. The van der Waals surface area contributed by atoms with Crippen molar-refractivity contribution in [3.63, 3.8) is 0 Å². The minimum Gasteiger partial charge on any atom is -0.497 e. The fraction of sp³-hybridized carbons (Fsp3) is 0.192. The van der Waals surface area contributed by atoms with Crippen molar-refractivity contribution < 1.29 is 23.7 Å². The van der Waals surface area contributed by atoms with Crippen LogP contribution >= 0.6 is 0 Å². The minimum atomic E-state index is -0.155. The van der Waals surface area contributed by atoms with Gasteiger partial charge in [-0.2, -0.15) is 0 Å². The van der Waals surface area contributed by atoms with Crippen LogP contribution in [-0.4, -0.2) is 26.1 Å². The van der Waals surface area contributed by atoms with Crippen LogP contribution in [0.15, 0.2) is 72.8 Å². The van der Waals surface area contributed by atoms with E-state index in [1.807, 2.05) is 48.5 Å². The Kier molecular flexibility index (Phi) is 6.53. The van der Waals surface area contributed by atoms with Gasteiger partial charge >= 0.3 is 0 Å². The molecule has 0 aliphatic carbocycles. The molecule has 5 nitrogen and oxygen atoms in total. The summed E-state index contributed by atoms with van der Waals surface area (Å²) in [5.74, 6) is 2.39. The Hall–Kier alpha value is -3.73. The predicted octanol–water partition coefficient (Wildman–Crippen LogP) is 5.33. The van der Waals surface area contributed by atoms with E-state index in [9.17, 15) is 4.79 Å². The van der Waals surface area contributed by atoms with Gasteiger partial charge in [-0.25, -0.2) is 0 Å². The van der Waals surface area contributed by atoms with E-state index in [0.717, 1.165) is 23.3 Å². The highest BCUT2D eigenvalue weighted by molar-refractivity contribution is 6.08. The van der Waals surface area contributed by atoms with Crippen LogP contribution in [0, 0.1) is 0 Å². The molecule has 0 bridgehead atoms. The SMILES string of the molecule is COc1ccc(C(=O)/C=C/c2ccc3c(c2)OCCCO3)c(OCc2ccccc2)c1. The predicted molar refractivity (Wildman–Crippen MR) is 119 cm³/mol. The normalized spacial score (nSPS) is 12.9. The second kappa shape index (κ2) is 9.85. The summed E-state index contributed by atoms with van der Waals surface area (Å²) in [7, 11) is 1.59. The topological polar surface area (TPSA) is 54.0 Å². The number of carbonyl (C=O) groups excluding carboxylic acids is 1. The average Bonchev–Trinajstić information content (AvgIpc) is 3.06. The number of hydrogen-bond donors (Lipinski definition) is 0. The molecule has 31 heavy (non-hydrogen) atoms. The molecule has 0 spiro atoms. The third-order valence-electron chi connectivity index (χ3n) is 4.89. The van der Waals surface area contributed by atoms with Gasteiger partial charge < -0.3 is 18.9 Å². The Morgan fingerprint density at radius 1 is 0.968 bits per heavy atom. The molecule has 0 saturated heterocycles. The van der Waals surface area contributed by atoms with E-state index in [0.29, 0.717) is 42.6 Å². The molecule has 0 atom stereocenters. The number of ether oxygens (including phenoxy) is 4. The second-order valence-corrected chi connectivity index (χ2v) is 7.09. The first-order valence-corrected chi connectivity index (χ1v) is 10.2. The Balaban J connectivity index is 1.53. The highest BCUT2D eigenvalue weighted by Crippen LogP contribution is 2.31. The van der Waals surface area contributed by atoms with E-state index in [4.69, 9.17) is 18.9 Å². The molecule has 5 heteroatoms. The molecule has 0 amide bonds. The van der Waals surface area contributed by atoms with Gasteiger partial charge in [0.15, 0.2) is 17.3 Å². The molecular weight excluding hydrogens is 392 g/mol. The Bertz CT molecular complexity index is 1070. The fourth-order valence-electron chi connectivity index (χ4n) is 3.23. The van der Waals surface area contributed by atoms with Gasteiger partial charge in [-0.15, -0.1) is 0 Å². The zero-order valence-electron chi connectivity index (χ0n) is 17.4. The van der Waals surface area contributed by atoms with Crippen molar-refractivity contribution in [2.24, 2.45) is 0 Å². The van der Waals surface area contributed by atoms with Crippen LogP contribution in [0.2, 0.25) is 0 Å². The van der Waals surface area contributed by atoms with Gasteiger partial charge in [0.05, 0.1) is 25.9 Å². The van der Waals surface area contributed by atoms with Crippen molar-refractivity contribution >= 4 is 11.9 Å². The van der Waals surface area contributed by atoms with Crippen molar-refractivity contribution in [1.29, 1.82) is 0 Å². The number of benzene rings is 3. The van der Waals surface area contributed by atoms with Crippen LogP contribution in [0.3, 0.4) is 0 Å². The van der Waals surface area contributed by atoms with E-state index in [2.05, 4.69) is 0 Å². The zero-order chi connectivity index (χ0) is 21.5. The lowest BCUT2D eigenvalue weighted by atomic mass is 10.1. The summed E-state index contributed by atoms with van der Waals surface area (Å²) in [5, 5.41) is 0. The number of rotatable bonds is 7. The van der Waals surface area contributed by atoms with Gasteiger partial charge in [-0.1, -0.05) is 42.5 Å². The molecule has 0 fully saturated rings. The highest BCUT2D eigenvalue weighted by atomic mass is 16.5. The summed E-state index contributed by atoms with van der Waals surface area (Å²) in [6.45, 7) is 1.62. The first kappa shape index (κ1) is 20.5. The van der Waals surface area contributed by atoms with Crippen molar-refractivity contribution in [2.45, 2.75) is 13.0 Å². The molecule has 1 aliphatic rings. The lowest BCUT2D eigenvalue weighted by Crippen LogP contribution is -2.03. The van der Waals surface area contributed by atoms with Gasteiger partial charge in [0.1, 0.15) is 18.1 Å². The monoisotopic (exact) mass is 416 g/mol. The van der Waals surface area contributed by atoms with Crippen LogP contribution in [0.5, 0.6) is 23.0 Å². The van der Waals surface area contributed by atoms with Crippen LogP contribution < -0.4 is 18.9 Å². The average molecular weight is 416 g/mol. The fourth-order valence-corrected chi connectivity index (χ4v) is 3.23. The Labute approximate surface area is 181 Å². The van der Waals surface area contributed by atoms with Gasteiger partial charge in [0.2, 0.25) is 0 Å². The lowest BCUT2D eigenvalue weighted by Gasteiger charge is -2.12. The molecular formula is C26H24O5. The molecule has 0 radical (unpaired) electrons. The maximum Gasteiger partial charge on any atom is 0.189 e. The molecule has 1 heterocycles. The van der Waals surface area contributed by atoms with Gasteiger partial charge in [0, 0.05) is 12.5 Å². The standard InChI is InChI=1S/C26H24O5/c1-28-21-10-11-22(25(17-21)31-18-20-6-3-2-4-7-20)23(27)12-8-19-9-13-24-26(16-19)30-15-5-14-29-24/h2-4,6-13,16-17H,5,14-15,18H2,1H3/b12-8+. The third kappa shape index (κ3) is 5.25. The first-order chi connectivity index (χ1) is 15.2. The van der Waals surface area contributed by atoms with Gasteiger partial charge in [-0.05, 0) is 41.5 Å². The van der Waals surface area contributed by atoms with Gasteiger partial charge in [0.25, 0.3) is 0 Å². The van der Waals surface area contributed by atoms with E-state index in [-0.39, 0.29) is 5.78 Å². The number of methoxy groups -OCH3 is 1. The summed E-state index contributed by atoms with van der Waals surface area (Å²) >= 11 is 0. The quantitative estimate of drug-likeness (QED) is 0.385. The van der Waals surface area contributed by atoms with Crippen LogP contribution in [0.25, 0.3) is 6.08 Å². The van der Waals surface area contributed by atoms with Crippen molar-refractivity contribution in [3.8, 4) is 23.0 Å². The molecule has 0 N–H and O–H groups in total. The molecule has 1 aliphatic heterocycles. The van der Waals surface area contributed by atoms with Crippen molar-refractivity contribution in [2.75, 3.05) is 20.3 Å². The van der Waals surface area contributed by atoms with E-state index in [1.54, 1.807) is 31.4 Å². The Morgan fingerprint density at radius 2 is 1.77 bits per heavy atom. The number of hydrogen-bond acceptors (Lipinski definition) is 5. The van der Waals surface area contributed by atoms with Crippen LogP contribution in [-0.2, 0) is 6.61 Å². The van der Waals surface area contributed by atoms with Gasteiger partial charge in [-0.3, -0.25) is 4.79 Å². The number of fused-ring (bicyclic) bond motifs is 1. The number of allylic oxidation sites excluding steroid dienone is 1. The maximum absolute atomic E-state index is 12.9. The van der Waals surface area contributed by atoms with Crippen LogP contribution in [0.4, 0.5) is 0 Å². The summed E-state index contributed by atoms with van der Waals surface area (Å²) in [4.78, 5) is 12.9. The van der Waals surface area contributed by atoms with Crippen molar-refractivity contribution in [1.82, 2.24) is 0 Å². The summed E-state index contributed by atoms with van der Waals surface area (Å²) < 4.78 is 22.6. The molecule has 0 saturated carbocycles. The van der Waals surface area contributed by atoms with E-state index >= 15 is 0 Å². The molecule has 0 aromatic heterocycles. The minimum absolute atomic E-state index is 0.155. The molecule has 3 aromatic carbocycles. The number of ketones is 1. The summed E-state index contributed by atoms with van der Waals surface area (Å²) in [5.41, 5.74) is 2.35. The Morgan fingerprint density at radius 3 is 2.58 bits per heavy atom. The van der Waals surface area contributed by atoms with E-state index < -0.39 is 0 Å². The van der Waals surface area contributed by atoms with Crippen molar-refractivity contribution in [3.05, 3.63) is 89.5 Å². The largest absolute Gasteiger partial charge is 0.497 e. The molecule has 0 unspecified atom stereocenters. The maximum atomic E-state index is 12.9. The zero-order valence-corrected chi connectivity index (χ0v) is 17.4. The molecule has 4 rings (SSSR count).